The van der Waals surface area contributed by atoms with Gasteiger partial charge in [0, 0.05) is 0 Å². The first-order chi connectivity index (χ1) is 13.2. The molecule has 13 heteroatoms. The number of aliphatic hydroxyl groups is 8. The zero-order chi connectivity index (χ0) is 21.0. The first-order valence-electron chi connectivity index (χ1n) is 8.58. The van der Waals surface area contributed by atoms with Gasteiger partial charge < -0.3 is 64.6 Å². The fourth-order valence-corrected chi connectivity index (χ4v) is 2.90. The van der Waals surface area contributed by atoms with Crippen molar-refractivity contribution >= 4 is 6.29 Å². The van der Waals surface area contributed by atoms with Crippen molar-refractivity contribution in [1.29, 1.82) is 0 Å². The highest BCUT2D eigenvalue weighted by atomic mass is 16.8. The Bertz CT molecular complexity index is 491. The third-order valence-electron chi connectivity index (χ3n) is 4.55. The Balaban J connectivity index is 2.16. The number of aliphatic hydroxyl groups excluding tert-OH is 8. The number of carbonyl (C=O) groups excluding carboxylic acids is 1. The second-order valence-electron chi connectivity index (χ2n) is 6.54. The van der Waals surface area contributed by atoms with Crippen molar-refractivity contribution in [3.8, 4) is 0 Å². The molecule has 0 aromatic carbocycles. The van der Waals surface area contributed by atoms with Gasteiger partial charge in [-0.05, 0) is 0 Å². The minimum Gasteiger partial charge on any atom is -0.394 e. The van der Waals surface area contributed by atoms with E-state index in [-0.39, 0.29) is 6.29 Å². The maximum atomic E-state index is 10.5. The highest BCUT2D eigenvalue weighted by Crippen LogP contribution is 2.29. The molecular formula is C15H26O13. The fourth-order valence-electron chi connectivity index (χ4n) is 2.90. The minimum absolute atomic E-state index is 0.186. The largest absolute Gasteiger partial charge is 0.394 e. The van der Waals surface area contributed by atoms with Crippen molar-refractivity contribution in [1.82, 2.24) is 0 Å². The Morgan fingerprint density at radius 3 is 1.89 bits per heavy atom. The Hall–Kier alpha value is -0.810. The third-order valence-corrected chi connectivity index (χ3v) is 4.55. The van der Waals surface area contributed by atoms with E-state index >= 15 is 0 Å². The highest BCUT2D eigenvalue weighted by molar-refractivity contribution is 5.55. The summed E-state index contributed by atoms with van der Waals surface area (Å²) in [4.78, 5) is 10.5. The summed E-state index contributed by atoms with van der Waals surface area (Å²) < 4.78 is 21.0. The van der Waals surface area contributed by atoms with Gasteiger partial charge in [0.1, 0.15) is 54.9 Å². The van der Waals surface area contributed by atoms with E-state index < -0.39 is 87.3 Å². The molecule has 0 unspecified atom stereocenters. The van der Waals surface area contributed by atoms with Gasteiger partial charge in [0.15, 0.2) is 18.9 Å². The number of hydrogen-bond donors (Lipinski definition) is 8. The number of carbonyl (C=O) groups is 1. The van der Waals surface area contributed by atoms with Crippen LogP contribution in [0.3, 0.4) is 0 Å². The maximum absolute atomic E-state index is 10.5. The SMILES string of the molecule is O=C[C@@H](O)CO[C@H]1O[C@H](CO)[C@@H](O)[C@H](O)[C@H]1O[C@H]1O[C@H](CO)[C@@H](O)[C@H](O)[C@H]1O. The first-order valence-corrected chi connectivity index (χ1v) is 8.58. The smallest absolute Gasteiger partial charge is 0.187 e. The second kappa shape index (κ2) is 10.3. The Labute approximate surface area is 159 Å². The van der Waals surface area contributed by atoms with Gasteiger partial charge >= 0.3 is 0 Å². The lowest BCUT2D eigenvalue weighted by molar-refractivity contribution is -0.368. The summed E-state index contributed by atoms with van der Waals surface area (Å²) in [5, 5.41) is 77.8. The predicted octanol–water partition coefficient (Wildman–Crippen LogP) is -5.81. The summed E-state index contributed by atoms with van der Waals surface area (Å²) in [5.74, 6) is 0. The predicted molar refractivity (Wildman–Crippen MR) is 84.4 cm³/mol. The average molecular weight is 414 g/mol. The first kappa shape index (κ1) is 23.5. The monoisotopic (exact) mass is 414 g/mol. The molecule has 2 saturated heterocycles. The number of hydrogen-bond acceptors (Lipinski definition) is 13. The summed E-state index contributed by atoms with van der Waals surface area (Å²) in [6.07, 6.45) is -17.2. The van der Waals surface area contributed by atoms with Crippen LogP contribution in [-0.2, 0) is 23.7 Å². The molecule has 0 radical (unpaired) electrons. The lowest BCUT2D eigenvalue weighted by Gasteiger charge is -2.46. The number of ether oxygens (including phenoxy) is 4. The number of aldehydes is 1. The van der Waals surface area contributed by atoms with E-state index in [1.165, 1.54) is 0 Å². The number of rotatable bonds is 8. The normalized spacial score (nSPS) is 45.6. The van der Waals surface area contributed by atoms with Crippen LogP contribution in [-0.4, -0.2) is 134 Å². The molecule has 13 nitrogen and oxygen atoms in total. The molecule has 0 aliphatic carbocycles. The van der Waals surface area contributed by atoms with Crippen molar-refractivity contribution in [3.05, 3.63) is 0 Å². The molecule has 164 valence electrons. The van der Waals surface area contributed by atoms with Crippen molar-refractivity contribution in [3.63, 3.8) is 0 Å². The van der Waals surface area contributed by atoms with Crippen LogP contribution in [0, 0.1) is 0 Å². The van der Waals surface area contributed by atoms with E-state index in [9.17, 15) is 45.6 Å². The van der Waals surface area contributed by atoms with Crippen molar-refractivity contribution in [2.24, 2.45) is 0 Å². The van der Waals surface area contributed by atoms with Crippen molar-refractivity contribution < 1.29 is 64.6 Å². The second-order valence-corrected chi connectivity index (χ2v) is 6.54. The highest BCUT2D eigenvalue weighted by Gasteiger charge is 2.50. The molecule has 2 aliphatic rings. The van der Waals surface area contributed by atoms with Crippen LogP contribution in [0.2, 0.25) is 0 Å². The van der Waals surface area contributed by atoms with Crippen LogP contribution in [0.5, 0.6) is 0 Å². The molecule has 2 fully saturated rings. The summed E-state index contributed by atoms with van der Waals surface area (Å²) >= 11 is 0. The summed E-state index contributed by atoms with van der Waals surface area (Å²) in [5.41, 5.74) is 0. The van der Waals surface area contributed by atoms with Gasteiger partial charge in [0.2, 0.25) is 0 Å². The Morgan fingerprint density at radius 2 is 1.36 bits per heavy atom. The van der Waals surface area contributed by atoms with E-state index in [1.54, 1.807) is 0 Å². The summed E-state index contributed by atoms with van der Waals surface area (Å²) in [7, 11) is 0. The molecule has 2 heterocycles. The van der Waals surface area contributed by atoms with Crippen LogP contribution < -0.4 is 0 Å². The Morgan fingerprint density at radius 1 is 0.821 bits per heavy atom. The third kappa shape index (κ3) is 5.02. The molecule has 2 aliphatic heterocycles. The summed E-state index contributed by atoms with van der Waals surface area (Å²) in [6, 6.07) is 0. The molecule has 0 spiro atoms. The van der Waals surface area contributed by atoms with Crippen molar-refractivity contribution in [2.45, 2.75) is 67.5 Å². The molecule has 0 aromatic heterocycles. The molecule has 8 N–H and O–H groups in total. The molecule has 0 bridgehead atoms. The Kier molecular flexibility index (Phi) is 8.62. The average Bonchev–Trinajstić information content (AvgIpc) is 2.70. The van der Waals surface area contributed by atoms with Gasteiger partial charge in [-0.3, -0.25) is 0 Å². The van der Waals surface area contributed by atoms with Crippen molar-refractivity contribution in [2.75, 3.05) is 19.8 Å². The zero-order valence-electron chi connectivity index (χ0n) is 14.7. The molecule has 11 atom stereocenters. The summed E-state index contributed by atoms with van der Waals surface area (Å²) in [6.45, 7) is -1.97. The van der Waals surface area contributed by atoms with E-state index in [0.717, 1.165) is 0 Å². The van der Waals surface area contributed by atoms with E-state index in [0.29, 0.717) is 0 Å². The van der Waals surface area contributed by atoms with Gasteiger partial charge in [0.05, 0.1) is 19.8 Å². The molecule has 2 rings (SSSR count). The minimum atomic E-state index is -1.79. The fraction of sp³-hybridized carbons (Fsp3) is 0.933. The molecule has 0 amide bonds. The lowest BCUT2D eigenvalue weighted by Crippen LogP contribution is -2.64. The van der Waals surface area contributed by atoms with Gasteiger partial charge in [-0.25, -0.2) is 0 Å². The molecule has 0 saturated carbocycles. The van der Waals surface area contributed by atoms with Crippen LogP contribution >= 0.6 is 0 Å². The van der Waals surface area contributed by atoms with Crippen LogP contribution in [0.1, 0.15) is 0 Å². The van der Waals surface area contributed by atoms with E-state index in [2.05, 4.69) is 0 Å². The topological polar surface area (TPSA) is 216 Å². The standard InChI is InChI=1S/C15H26O13/c16-1-5(19)4-25-15-13(11(23)9(21)7(3-18)27-15)28-14-12(24)10(22)8(20)6(2-17)26-14/h1,5-15,17-24H,2-4H2/t5-,6-,7-,8-,9-,10+,11+,12-,13-,14-,15+/m1/s1. The van der Waals surface area contributed by atoms with Crippen LogP contribution in [0.25, 0.3) is 0 Å². The van der Waals surface area contributed by atoms with Gasteiger partial charge in [-0.15, -0.1) is 0 Å². The quantitative estimate of drug-likeness (QED) is 0.174. The van der Waals surface area contributed by atoms with Crippen LogP contribution in [0.15, 0.2) is 0 Å². The van der Waals surface area contributed by atoms with E-state index in [4.69, 9.17) is 18.9 Å². The lowest BCUT2D eigenvalue weighted by atomic mass is 9.97. The molecule has 28 heavy (non-hydrogen) atoms. The van der Waals surface area contributed by atoms with Gasteiger partial charge in [0.25, 0.3) is 0 Å². The maximum Gasteiger partial charge on any atom is 0.187 e. The molecule has 0 aromatic rings. The van der Waals surface area contributed by atoms with Crippen LogP contribution in [0.4, 0.5) is 0 Å². The zero-order valence-corrected chi connectivity index (χ0v) is 14.7. The molecular weight excluding hydrogens is 388 g/mol. The van der Waals surface area contributed by atoms with E-state index in [1.807, 2.05) is 0 Å². The van der Waals surface area contributed by atoms with Gasteiger partial charge in [-0.2, -0.15) is 0 Å². The van der Waals surface area contributed by atoms with Gasteiger partial charge in [-0.1, -0.05) is 0 Å².